The van der Waals surface area contributed by atoms with Gasteiger partial charge in [-0.3, -0.25) is 14.4 Å². The van der Waals surface area contributed by atoms with E-state index in [1.54, 1.807) is 35.2 Å². The van der Waals surface area contributed by atoms with Crippen molar-refractivity contribution in [2.24, 2.45) is 5.92 Å². The van der Waals surface area contributed by atoms with Crippen molar-refractivity contribution in [2.75, 3.05) is 25.0 Å². The molecular formula is C23H25N3O3. The van der Waals surface area contributed by atoms with Gasteiger partial charge in [0, 0.05) is 26.1 Å². The van der Waals surface area contributed by atoms with Gasteiger partial charge in [-0.05, 0) is 24.1 Å². The SMILES string of the molecule is C=CCNC(=O)c1ccccc1NC(=O)[C@H]1CC(=O)N(CCc2ccccc2)C1. The van der Waals surface area contributed by atoms with E-state index in [1.807, 2.05) is 30.3 Å². The minimum atomic E-state index is -0.428. The molecule has 1 heterocycles. The number of hydrogen-bond acceptors (Lipinski definition) is 3. The number of anilines is 1. The molecule has 0 radical (unpaired) electrons. The number of likely N-dealkylation sites (tertiary alicyclic amines) is 1. The van der Waals surface area contributed by atoms with E-state index in [1.165, 1.54) is 0 Å². The summed E-state index contributed by atoms with van der Waals surface area (Å²) < 4.78 is 0. The third kappa shape index (κ3) is 5.31. The van der Waals surface area contributed by atoms with Gasteiger partial charge in [-0.25, -0.2) is 0 Å². The van der Waals surface area contributed by atoms with Gasteiger partial charge >= 0.3 is 0 Å². The summed E-state index contributed by atoms with van der Waals surface area (Å²) in [6.45, 7) is 4.90. The standard InChI is InChI=1S/C23H25N3O3/c1-2-13-24-23(29)19-10-6-7-11-20(19)25-22(28)18-15-21(27)26(16-18)14-12-17-8-4-3-5-9-17/h2-11,18H,1,12-16H2,(H,24,29)(H,25,28)/t18-/m0/s1. The number of nitrogens with zero attached hydrogens (tertiary/aromatic N) is 1. The second kappa shape index (κ2) is 9.68. The lowest BCUT2D eigenvalue weighted by Crippen LogP contribution is -2.30. The molecule has 0 aromatic heterocycles. The summed E-state index contributed by atoms with van der Waals surface area (Å²) in [7, 11) is 0. The Morgan fingerprint density at radius 2 is 1.83 bits per heavy atom. The molecule has 0 spiro atoms. The molecule has 1 aliphatic rings. The van der Waals surface area contributed by atoms with E-state index in [0.717, 1.165) is 12.0 Å². The van der Waals surface area contributed by atoms with Crippen LogP contribution in [-0.2, 0) is 16.0 Å². The molecule has 3 amide bonds. The lowest BCUT2D eigenvalue weighted by atomic mass is 10.1. The van der Waals surface area contributed by atoms with Crippen molar-refractivity contribution in [1.82, 2.24) is 10.2 Å². The van der Waals surface area contributed by atoms with Crippen molar-refractivity contribution in [3.63, 3.8) is 0 Å². The fourth-order valence-corrected chi connectivity index (χ4v) is 3.36. The van der Waals surface area contributed by atoms with Crippen LogP contribution in [0.25, 0.3) is 0 Å². The number of nitrogens with one attached hydrogen (secondary N) is 2. The van der Waals surface area contributed by atoms with Crippen LogP contribution < -0.4 is 10.6 Å². The molecule has 6 nitrogen and oxygen atoms in total. The quantitative estimate of drug-likeness (QED) is 0.679. The Balaban J connectivity index is 1.59. The zero-order valence-corrected chi connectivity index (χ0v) is 16.3. The number of carbonyl (C=O) groups excluding carboxylic acids is 3. The lowest BCUT2D eigenvalue weighted by molar-refractivity contribution is -0.128. The van der Waals surface area contributed by atoms with E-state index in [9.17, 15) is 14.4 Å². The van der Waals surface area contributed by atoms with Crippen LogP contribution in [0.2, 0.25) is 0 Å². The average Bonchev–Trinajstić information content (AvgIpc) is 3.12. The van der Waals surface area contributed by atoms with Gasteiger partial charge in [0.25, 0.3) is 5.91 Å². The third-order valence-corrected chi connectivity index (χ3v) is 4.94. The molecule has 1 aliphatic heterocycles. The molecule has 6 heteroatoms. The van der Waals surface area contributed by atoms with E-state index < -0.39 is 5.92 Å². The predicted octanol–water partition coefficient (Wildman–Crippen LogP) is 2.63. The molecule has 1 atom stereocenters. The highest BCUT2D eigenvalue weighted by atomic mass is 16.2. The topological polar surface area (TPSA) is 78.5 Å². The van der Waals surface area contributed by atoms with Crippen molar-refractivity contribution < 1.29 is 14.4 Å². The second-order valence-corrected chi connectivity index (χ2v) is 7.01. The van der Waals surface area contributed by atoms with Crippen LogP contribution in [0.1, 0.15) is 22.3 Å². The zero-order valence-electron chi connectivity index (χ0n) is 16.3. The van der Waals surface area contributed by atoms with E-state index in [2.05, 4.69) is 17.2 Å². The lowest BCUT2D eigenvalue weighted by Gasteiger charge is -2.17. The van der Waals surface area contributed by atoms with Gasteiger partial charge in [-0.1, -0.05) is 48.5 Å². The summed E-state index contributed by atoms with van der Waals surface area (Å²) >= 11 is 0. The molecule has 0 bridgehead atoms. The van der Waals surface area contributed by atoms with Crippen molar-refractivity contribution in [2.45, 2.75) is 12.8 Å². The van der Waals surface area contributed by atoms with Crippen molar-refractivity contribution in [3.05, 3.63) is 78.4 Å². The van der Waals surface area contributed by atoms with Crippen molar-refractivity contribution >= 4 is 23.4 Å². The fourth-order valence-electron chi connectivity index (χ4n) is 3.36. The molecule has 1 fully saturated rings. The van der Waals surface area contributed by atoms with E-state index in [-0.39, 0.29) is 24.1 Å². The molecule has 2 aromatic rings. The molecule has 1 saturated heterocycles. The fraction of sp³-hybridized carbons (Fsp3) is 0.261. The highest BCUT2D eigenvalue weighted by Gasteiger charge is 2.34. The molecule has 2 aromatic carbocycles. The first-order valence-corrected chi connectivity index (χ1v) is 9.69. The van der Waals surface area contributed by atoms with Crippen LogP contribution in [0, 0.1) is 5.92 Å². The number of carbonyl (C=O) groups is 3. The molecule has 3 rings (SSSR count). The summed E-state index contributed by atoms with van der Waals surface area (Å²) in [5.74, 6) is -0.974. The summed E-state index contributed by atoms with van der Waals surface area (Å²) in [4.78, 5) is 39.1. The first kappa shape index (κ1) is 20.3. The minimum absolute atomic E-state index is 0.0157. The Labute approximate surface area is 170 Å². The van der Waals surface area contributed by atoms with Crippen LogP contribution in [0.15, 0.2) is 67.3 Å². The summed E-state index contributed by atoms with van der Waals surface area (Å²) in [6, 6.07) is 16.8. The highest BCUT2D eigenvalue weighted by molar-refractivity contribution is 6.05. The van der Waals surface area contributed by atoms with Gasteiger partial charge in [-0.2, -0.15) is 0 Å². The number of para-hydroxylation sites is 1. The number of benzene rings is 2. The van der Waals surface area contributed by atoms with Gasteiger partial charge < -0.3 is 15.5 Å². The third-order valence-electron chi connectivity index (χ3n) is 4.94. The normalized spacial score (nSPS) is 15.8. The monoisotopic (exact) mass is 391 g/mol. The Morgan fingerprint density at radius 1 is 1.10 bits per heavy atom. The largest absolute Gasteiger partial charge is 0.349 e. The maximum atomic E-state index is 12.7. The number of hydrogen-bond donors (Lipinski definition) is 2. The van der Waals surface area contributed by atoms with Gasteiger partial charge in [0.15, 0.2) is 0 Å². The molecule has 29 heavy (non-hydrogen) atoms. The number of amides is 3. The zero-order chi connectivity index (χ0) is 20.6. The van der Waals surface area contributed by atoms with Gasteiger partial charge in [0.1, 0.15) is 0 Å². The Hall–Kier alpha value is -3.41. The first-order valence-electron chi connectivity index (χ1n) is 9.69. The van der Waals surface area contributed by atoms with Gasteiger partial charge in [0.05, 0.1) is 17.2 Å². The molecule has 150 valence electrons. The Kier molecular flexibility index (Phi) is 6.79. The van der Waals surface area contributed by atoms with E-state index in [4.69, 9.17) is 0 Å². The smallest absolute Gasteiger partial charge is 0.253 e. The van der Waals surface area contributed by atoms with Crippen LogP contribution in [-0.4, -0.2) is 42.3 Å². The molecule has 2 N–H and O–H groups in total. The second-order valence-electron chi connectivity index (χ2n) is 7.01. The maximum Gasteiger partial charge on any atom is 0.253 e. The van der Waals surface area contributed by atoms with Gasteiger partial charge in [-0.15, -0.1) is 6.58 Å². The highest BCUT2D eigenvalue weighted by Crippen LogP contribution is 2.22. The molecular weight excluding hydrogens is 366 g/mol. The summed E-state index contributed by atoms with van der Waals surface area (Å²) in [5, 5.41) is 5.53. The molecule has 0 saturated carbocycles. The van der Waals surface area contributed by atoms with Crippen LogP contribution >= 0.6 is 0 Å². The molecule has 0 aliphatic carbocycles. The van der Waals surface area contributed by atoms with Crippen molar-refractivity contribution in [1.29, 1.82) is 0 Å². The maximum absolute atomic E-state index is 12.7. The van der Waals surface area contributed by atoms with Gasteiger partial charge in [0.2, 0.25) is 11.8 Å². The van der Waals surface area contributed by atoms with Crippen LogP contribution in [0.5, 0.6) is 0 Å². The van der Waals surface area contributed by atoms with Crippen molar-refractivity contribution in [3.8, 4) is 0 Å². The first-order chi connectivity index (χ1) is 14.1. The summed E-state index contributed by atoms with van der Waals surface area (Å²) in [6.07, 6.45) is 2.53. The Bertz CT molecular complexity index is 895. The van der Waals surface area contributed by atoms with E-state index >= 15 is 0 Å². The minimum Gasteiger partial charge on any atom is -0.349 e. The van der Waals surface area contributed by atoms with Crippen LogP contribution in [0.3, 0.4) is 0 Å². The molecule has 0 unspecified atom stereocenters. The van der Waals surface area contributed by atoms with E-state index in [0.29, 0.717) is 30.9 Å². The summed E-state index contributed by atoms with van der Waals surface area (Å²) in [5.41, 5.74) is 1.98. The number of rotatable bonds is 8. The predicted molar refractivity (Wildman–Crippen MR) is 112 cm³/mol. The van der Waals surface area contributed by atoms with Crippen LogP contribution in [0.4, 0.5) is 5.69 Å². The average molecular weight is 391 g/mol. The Morgan fingerprint density at radius 3 is 2.59 bits per heavy atom.